The average molecular weight is 274 g/mol. The number of benzene rings is 2. The second kappa shape index (κ2) is 5.21. The van der Waals surface area contributed by atoms with Crippen LogP contribution in [0.2, 0.25) is 0 Å². The molecule has 4 heteroatoms. The Bertz CT molecular complexity index is 607. The van der Waals surface area contributed by atoms with Gasteiger partial charge >= 0.3 is 0 Å². The molecule has 3 rings (SSSR count). The second-order valence-electron chi connectivity index (χ2n) is 5.25. The fourth-order valence-electron chi connectivity index (χ4n) is 2.79. The fourth-order valence-corrected chi connectivity index (χ4v) is 2.79. The summed E-state index contributed by atoms with van der Waals surface area (Å²) in [6, 6.07) is 11.7. The average Bonchev–Trinajstić information content (AvgIpc) is 2.37. The predicted octanol–water partition coefficient (Wildman–Crippen LogP) is 2.85. The van der Waals surface area contributed by atoms with Crippen molar-refractivity contribution in [1.82, 2.24) is 0 Å². The number of hydrogen-bond acceptors (Lipinski definition) is 2. The van der Waals surface area contributed by atoms with E-state index in [2.05, 4.69) is 4.90 Å². The number of nitrogens with zero attached hydrogens (tertiary/aromatic N) is 1. The minimum atomic E-state index is -0.547. The van der Waals surface area contributed by atoms with Crippen LogP contribution < -0.4 is 10.6 Å². The van der Waals surface area contributed by atoms with Gasteiger partial charge in [0.25, 0.3) is 0 Å². The number of para-hydroxylation sites is 1. The molecule has 1 unspecified atom stereocenters. The van der Waals surface area contributed by atoms with Crippen molar-refractivity contribution in [3.8, 4) is 0 Å². The van der Waals surface area contributed by atoms with Crippen LogP contribution in [0.25, 0.3) is 0 Å². The molecule has 2 N–H and O–H groups in total. The molecule has 0 amide bonds. The Morgan fingerprint density at radius 3 is 2.55 bits per heavy atom. The summed E-state index contributed by atoms with van der Waals surface area (Å²) < 4.78 is 26.5. The third kappa shape index (κ3) is 2.65. The van der Waals surface area contributed by atoms with Crippen molar-refractivity contribution in [2.24, 2.45) is 5.73 Å². The van der Waals surface area contributed by atoms with Crippen LogP contribution in [0.1, 0.15) is 11.1 Å². The van der Waals surface area contributed by atoms with E-state index in [4.69, 9.17) is 5.73 Å². The highest BCUT2D eigenvalue weighted by molar-refractivity contribution is 5.56. The van der Waals surface area contributed by atoms with Gasteiger partial charge < -0.3 is 10.6 Å². The van der Waals surface area contributed by atoms with E-state index in [0.717, 1.165) is 18.2 Å². The molecule has 2 aromatic carbocycles. The summed E-state index contributed by atoms with van der Waals surface area (Å²) >= 11 is 0. The lowest BCUT2D eigenvalue weighted by Crippen LogP contribution is -2.42. The van der Waals surface area contributed by atoms with E-state index >= 15 is 0 Å². The molecule has 1 aliphatic rings. The molecule has 0 aliphatic carbocycles. The smallest absolute Gasteiger partial charge is 0.126 e. The maximum absolute atomic E-state index is 13.3. The van der Waals surface area contributed by atoms with Crippen LogP contribution in [0.5, 0.6) is 0 Å². The topological polar surface area (TPSA) is 29.3 Å². The number of rotatable bonds is 2. The summed E-state index contributed by atoms with van der Waals surface area (Å²) in [7, 11) is 0. The van der Waals surface area contributed by atoms with Crippen LogP contribution in [0.15, 0.2) is 42.5 Å². The molecule has 0 saturated heterocycles. The van der Waals surface area contributed by atoms with Gasteiger partial charge in [-0.15, -0.1) is 0 Å². The Kier molecular flexibility index (Phi) is 3.40. The van der Waals surface area contributed by atoms with Gasteiger partial charge in [0, 0.05) is 30.9 Å². The van der Waals surface area contributed by atoms with Crippen molar-refractivity contribution < 1.29 is 8.78 Å². The predicted molar refractivity (Wildman–Crippen MR) is 75.5 cm³/mol. The maximum Gasteiger partial charge on any atom is 0.126 e. The lowest BCUT2D eigenvalue weighted by molar-refractivity contribution is 0.572. The zero-order valence-electron chi connectivity index (χ0n) is 11.0. The van der Waals surface area contributed by atoms with Crippen molar-refractivity contribution >= 4 is 5.69 Å². The quantitative estimate of drug-likeness (QED) is 0.912. The van der Waals surface area contributed by atoms with E-state index in [0.29, 0.717) is 18.7 Å². The number of halogens is 2. The minimum Gasteiger partial charge on any atom is -0.365 e. The number of fused-ring (bicyclic) bond motifs is 1. The fraction of sp³-hybridized carbons (Fsp3) is 0.250. The molecule has 1 aliphatic heterocycles. The summed E-state index contributed by atoms with van der Waals surface area (Å²) in [5.41, 5.74) is 8.96. The van der Waals surface area contributed by atoms with Crippen LogP contribution in [-0.4, -0.2) is 12.6 Å². The molecule has 20 heavy (non-hydrogen) atoms. The first-order valence-electron chi connectivity index (χ1n) is 6.65. The van der Waals surface area contributed by atoms with E-state index in [-0.39, 0.29) is 6.04 Å². The Morgan fingerprint density at radius 2 is 1.80 bits per heavy atom. The van der Waals surface area contributed by atoms with Crippen LogP contribution >= 0.6 is 0 Å². The molecule has 1 heterocycles. The SMILES string of the molecule is NC1Cc2ccccc2N(Cc2cc(F)cc(F)c2)C1. The van der Waals surface area contributed by atoms with E-state index in [1.165, 1.54) is 17.7 Å². The van der Waals surface area contributed by atoms with Gasteiger partial charge in [-0.05, 0) is 35.7 Å². The summed E-state index contributed by atoms with van der Waals surface area (Å²) in [6.45, 7) is 1.15. The maximum atomic E-state index is 13.3. The second-order valence-corrected chi connectivity index (χ2v) is 5.25. The van der Waals surface area contributed by atoms with Crippen LogP contribution in [0.3, 0.4) is 0 Å². The summed E-state index contributed by atoms with van der Waals surface area (Å²) in [5, 5.41) is 0. The molecular weight excluding hydrogens is 258 g/mol. The largest absolute Gasteiger partial charge is 0.365 e. The van der Waals surface area contributed by atoms with Crippen molar-refractivity contribution in [1.29, 1.82) is 0 Å². The molecule has 1 atom stereocenters. The molecule has 0 saturated carbocycles. The number of nitrogens with two attached hydrogens (primary N) is 1. The van der Waals surface area contributed by atoms with E-state index in [1.54, 1.807) is 0 Å². The normalized spacial score (nSPS) is 17.9. The Labute approximate surface area is 116 Å². The molecule has 0 aromatic heterocycles. The molecule has 2 aromatic rings. The highest BCUT2D eigenvalue weighted by Gasteiger charge is 2.21. The van der Waals surface area contributed by atoms with E-state index in [9.17, 15) is 8.78 Å². The van der Waals surface area contributed by atoms with Gasteiger partial charge in [0.2, 0.25) is 0 Å². The van der Waals surface area contributed by atoms with Crippen molar-refractivity contribution in [3.05, 3.63) is 65.2 Å². The van der Waals surface area contributed by atoms with Gasteiger partial charge in [0.15, 0.2) is 0 Å². The van der Waals surface area contributed by atoms with Gasteiger partial charge in [-0.2, -0.15) is 0 Å². The first-order valence-corrected chi connectivity index (χ1v) is 6.65. The standard InChI is InChI=1S/C16H16F2N2/c17-13-5-11(6-14(18)8-13)9-20-10-15(19)7-12-3-1-2-4-16(12)20/h1-6,8,15H,7,9-10,19H2. The molecular formula is C16H16F2N2. The minimum absolute atomic E-state index is 0.0447. The third-order valence-electron chi connectivity index (χ3n) is 3.57. The molecule has 104 valence electrons. The van der Waals surface area contributed by atoms with Gasteiger partial charge in [0.05, 0.1) is 0 Å². The number of hydrogen-bond donors (Lipinski definition) is 1. The summed E-state index contributed by atoms with van der Waals surface area (Å²) in [5.74, 6) is -1.09. The molecule has 0 spiro atoms. The van der Waals surface area contributed by atoms with Crippen LogP contribution in [-0.2, 0) is 13.0 Å². The molecule has 0 bridgehead atoms. The third-order valence-corrected chi connectivity index (χ3v) is 3.57. The molecule has 0 radical (unpaired) electrons. The van der Waals surface area contributed by atoms with Gasteiger partial charge in [-0.25, -0.2) is 8.78 Å². The van der Waals surface area contributed by atoms with Crippen molar-refractivity contribution in [3.63, 3.8) is 0 Å². The van der Waals surface area contributed by atoms with Crippen molar-refractivity contribution in [2.75, 3.05) is 11.4 Å². The van der Waals surface area contributed by atoms with Crippen LogP contribution in [0.4, 0.5) is 14.5 Å². The monoisotopic (exact) mass is 274 g/mol. The lowest BCUT2D eigenvalue weighted by atomic mass is 9.98. The van der Waals surface area contributed by atoms with Gasteiger partial charge in [0.1, 0.15) is 11.6 Å². The Balaban J connectivity index is 1.91. The highest BCUT2D eigenvalue weighted by atomic mass is 19.1. The number of anilines is 1. The molecule has 2 nitrogen and oxygen atoms in total. The first-order chi connectivity index (χ1) is 9.61. The Morgan fingerprint density at radius 1 is 1.10 bits per heavy atom. The van der Waals surface area contributed by atoms with E-state index < -0.39 is 11.6 Å². The van der Waals surface area contributed by atoms with Gasteiger partial charge in [-0.3, -0.25) is 0 Å². The molecule has 0 fully saturated rings. The lowest BCUT2D eigenvalue weighted by Gasteiger charge is -2.34. The highest BCUT2D eigenvalue weighted by Crippen LogP contribution is 2.28. The zero-order valence-corrected chi connectivity index (χ0v) is 11.0. The van der Waals surface area contributed by atoms with E-state index in [1.807, 2.05) is 24.3 Å². The first kappa shape index (κ1) is 13.1. The Hall–Kier alpha value is -1.94. The van der Waals surface area contributed by atoms with Gasteiger partial charge in [-0.1, -0.05) is 18.2 Å². The summed E-state index contributed by atoms with van der Waals surface area (Å²) in [6.07, 6.45) is 0.837. The van der Waals surface area contributed by atoms with Crippen LogP contribution in [0, 0.1) is 11.6 Å². The van der Waals surface area contributed by atoms with Crippen molar-refractivity contribution in [2.45, 2.75) is 19.0 Å². The zero-order chi connectivity index (χ0) is 14.1. The summed E-state index contributed by atoms with van der Waals surface area (Å²) in [4.78, 5) is 2.08.